The fourth-order valence-electron chi connectivity index (χ4n) is 1.64. The van der Waals surface area contributed by atoms with E-state index in [-0.39, 0.29) is 12.5 Å². The molecule has 0 fully saturated rings. The van der Waals surface area contributed by atoms with Crippen LogP contribution in [0, 0.1) is 6.92 Å². The fourth-order valence-corrected chi connectivity index (χ4v) is 1.64. The topological polar surface area (TPSA) is 66.3 Å². The number of aromatic nitrogens is 2. The van der Waals surface area contributed by atoms with Crippen molar-refractivity contribution >= 4 is 11.8 Å². The lowest BCUT2D eigenvalue weighted by atomic mass is 10.2. The number of hydrogen-bond acceptors (Lipinski definition) is 4. The molecular weight excluding hydrogens is 218 g/mol. The lowest BCUT2D eigenvalue weighted by Gasteiger charge is -2.27. The van der Waals surface area contributed by atoms with E-state index in [1.807, 2.05) is 13.0 Å². The number of carbonyl (C=O) groups is 1. The Bertz CT molecular complexity index is 380. The summed E-state index contributed by atoms with van der Waals surface area (Å²) in [5.41, 5.74) is 0.916. The van der Waals surface area contributed by atoms with Gasteiger partial charge in [-0.3, -0.25) is 4.79 Å². The van der Waals surface area contributed by atoms with Crippen molar-refractivity contribution < 1.29 is 9.90 Å². The maximum Gasteiger partial charge on any atom is 0.303 e. The maximum absolute atomic E-state index is 10.5. The molecule has 1 aromatic heterocycles. The first-order valence-electron chi connectivity index (χ1n) is 5.77. The Kier molecular flexibility index (Phi) is 4.87. The predicted molar refractivity (Wildman–Crippen MR) is 66.1 cm³/mol. The predicted octanol–water partition coefficient (Wildman–Crippen LogP) is 1.86. The Morgan fingerprint density at radius 2 is 2.18 bits per heavy atom. The second-order valence-corrected chi connectivity index (χ2v) is 4.30. The number of aliphatic carboxylic acids is 1. The average Bonchev–Trinajstić information content (AvgIpc) is 2.23. The van der Waals surface area contributed by atoms with Crippen LogP contribution >= 0.6 is 0 Å². The van der Waals surface area contributed by atoms with Crippen LogP contribution in [0.1, 0.15) is 32.4 Å². The molecule has 0 aliphatic rings. The first-order valence-corrected chi connectivity index (χ1v) is 5.77. The number of carboxylic acid groups (broad SMARTS) is 1. The number of hydrogen-bond donors (Lipinski definition) is 1. The van der Waals surface area contributed by atoms with Crippen LogP contribution in [0.3, 0.4) is 0 Å². The molecule has 0 unspecified atom stereocenters. The summed E-state index contributed by atoms with van der Waals surface area (Å²) >= 11 is 0. The Morgan fingerprint density at radius 1 is 1.47 bits per heavy atom. The molecule has 0 aliphatic heterocycles. The summed E-state index contributed by atoms with van der Waals surface area (Å²) in [5.74, 6) is 0.102. The van der Waals surface area contributed by atoms with Crippen LogP contribution in [0.5, 0.6) is 0 Å². The van der Waals surface area contributed by atoms with E-state index in [4.69, 9.17) is 5.11 Å². The normalized spacial score (nSPS) is 10.6. The molecule has 1 heterocycles. The smallest absolute Gasteiger partial charge is 0.303 e. The Hall–Kier alpha value is -1.65. The largest absolute Gasteiger partial charge is 0.481 e. The van der Waals surface area contributed by atoms with Crippen LogP contribution in [0.25, 0.3) is 0 Å². The van der Waals surface area contributed by atoms with Crippen LogP contribution in [-0.4, -0.2) is 33.6 Å². The van der Waals surface area contributed by atoms with Crippen LogP contribution in [-0.2, 0) is 4.79 Å². The van der Waals surface area contributed by atoms with Crippen molar-refractivity contribution in [3.05, 3.63) is 18.1 Å². The molecule has 0 aromatic carbocycles. The van der Waals surface area contributed by atoms with E-state index in [2.05, 4.69) is 28.7 Å². The van der Waals surface area contributed by atoms with Gasteiger partial charge >= 0.3 is 5.97 Å². The van der Waals surface area contributed by atoms with E-state index in [9.17, 15) is 4.79 Å². The Morgan fingerprint density at radius 3 is 2.71 bits per heavy atom. The first kappa shape index (κ1) is 13.4. The van der Waals surface area contributed by atoms with Crippen LogP contribution < -0.4 is 4.90 Å². The van der Waals surface area contributed by atoms with Gasteiger partial charge in [0.2, 0.25) is 0 Å². The molecule has 1 rings (SSSR count). The monoisotopic (exact) mass is 237 g/mol. The summed E-state index contributed by atoms with van der Waals surface area (Å²) in [4.78, 5) is 20.9. The maximum atomic E-state index is 10.5. The molecule has 0 amide bonds. The van der Waals surface area contributed by atoms with Crippen molar-refractivity contribution in [3.63, 3.8) is 0 Å². The van der Waals surface area contributed by atoms with Gasteiger partial charge in [0.25, 0.3) is 0 Å². The van der Waals surface area contributed by atoms with Crippen molar-refractivity contribution in [1.82, 2.24) is 9.97 Å². The van der Waals surface area contributed by atoms with Gasteiger partial charge in [-0.1, -0.05) is 0 Å². The number of rotatable bonds is 6. The number of nitrogens with zero attached hydrogens (tertiary/aromatic N) is 3. The number of aryl methyl sites for hydroxylation is 1. The standard InChI is InChI=1S/C12H19N3O2/c1-9(2)15(6-4-5-12(16)17)11-7-10(3)13-8-14-11/h7-9H,4-6H2,1-3H3,(H,16,17). The summed E-state index contributed by atoms with van der Waals surface area (Å²) in [6.07, 6.45) is 2.35. The quantitative estimate of drug-likeness (QED) is 0.818. The molecule has 0 spiro atoms. The Labute approximate surface area is 102 Å². The molecular formula is C12H19N3O2. The first-order chi connectivity index (χ1) is 8.00. The van der Waals surface area contributed by atoms with E-state index in [1.165, 1.54) is 6.33 Å². The molecule has 0 radical (unpaired) electrons. The van der Waals surface area contributed by atoms with Gasteiger partial charge in [0, 0.05) is 30.8 Å². The lowest BCUT2D eigenvalue weighted by molar-refractivity contribution is -0.137. The molecule has 0 bridgehead atoms. The van der Waals surface area contributed by atoms with Crippen LogP contribution in [0.4, 0.5) is 5.82 Å². The number of carboxylic acids is 1. The van der Waals surface area contributed by atoms with Gasteiger partial charge in [-0.15, -0.1) is 0 Å². The molecule has 94 valence electrons. The fraction of sp³-hybridized carbons (Fsp3) is 0.583. The Balaban J connectivity index is 2.69. The van der Waals surface area contributed by atoms with Gasteiger partial charge in [-0.2, -0.15) is 0 Å². The van der Waals surface area contributed by atoms with E-state index in [0.717, 1.165) is 11.5 Å². The van der Waals surface area contributed by atoms with Crippen molar-refractivity contribution in [2.45, 2.75) is 39.7 Å². The molecule has 1 aromatic rings. The van der Waals surface area contributed by atoms with Crippen LogP contribution in [0.2, 0.25) is 0 Å². The third-order valence-corrected chi connectivity index (χ3v) is 2.50. The van der Waals surface area contributed by atoms with Gasteiger partial charge < -0.3 is 10.0 Å². The highest BCUT2D eigenvalue weighted by atomic mass is 16.4. The number of anilines is 1. The zero-order valence-electron chi connectivity index (χ0n) is 10.6. The molecule has 5 nitrogen and oxygen atoms in total. The molecule has 17 heavy (non-hydrogen) atoms. The van der Waals surface area contributed by atoms with Crippen molar-refractivity contribution in [2.75, 3.05) is 11.4 Å². The minimum Gasteiger partial charge on any atom is -0.481 e. The summed E-state index contributed by atoms with van der Waals surface area (Å²) in [6.45, 7) is 6.75. The van der Waals surface area contributed by atoms with Gasteiger partial charge in [0.1, 0.15) is 12.1 Å². The van der Waals surface area contributed by atoms with E-state index in [0.29, 0.717) is 13.0 Å². The SMILES string of the molecule is Cc1cc(N(CCCC(=O)O)C(C)C)ncn1. The highest BCUT2D eigenvalue weighted by Crippen LogP contribution is 2.14. The minimum absolute atomic E-state index is 0.188. The molecule has 0 atom stereocenters. The summed E-state index contributed by atoms with van der Waals surface area (Å²) < 4.78 is 0. The second kappa shape index (κ2) is 6.18. The zero-order chi connectivity index (χ0) is 12.8. The summed E-state index contributed by atoms with van der Waals surface area (Å²) in [6, 6.07) is 2.21. The van der Waals surface area contributed by atoms with Gasteiger partial charge in [-0.25, -0.2) is 9.97 Å². The summed E-state index contributed by atoms with van der Waals surface area (Å²) in [7, 11) is 0. The zero-order valence-corrected chi connectivity index (χ0v) is 10.6. The van der Waals surface area contributed by atoms with E-state index >= 15 is 0 Å². The van der Waals surface area contributed by atoms with Gasteiger partial charge in [0.15, 0.2) is 0 Å². The minimum atomic E-state index is -0.757. The van der Waals surface area contributed by atoms with E-state index in [1.54, 1.807) is 0 Å². The van der Waals surface area contributed by atoms with Crippen molar-refractivity contribution in [3.8, 4) is 0 Å². The molecule has 0 aliphatic carbocycles. The molecule has 1 N–H and O–H groups in total. The molecule has 0 saturated heterocycles. The van der Waals surface area contributed by atoms with Gasteiger partial charge in [-0.05, 0) is 27.2 Å². The van der Waals surface area contributed by atoms with Crippen molar-refractivity contribution in [2.24, 2.45) is 0 Å². The van der Waals surface area contributed by atoms with Crippen molar-refractivity contribution in [1.29, 1.82) is 0 Å². The molecule has 0 saturated carbocycles. The summed E-state index contributed by atoms with van der Waals surface area (Å²) in [5, 5.41) is 8.64. The average molecular weight is 237 g/mol. The lowest BCUT2D eigenvalue weighted by Crippen LogP contribution is -2.32. The second-order valence-electron chi connectivity index (χ2n) is 4.30. The third-order valence-electron chi connectivity index (χ3n) is 2.50. The highest BCUT2D eigenvalue weighted by Gasteiger charge is 2.12. The highest BCUT2D eigenvalue weighted by molar-refractivity contribution is 5.66. The van der Waals surface area contributed by atoms with E-state index < -0.39 is 5.97 Å². The van der Waals surface area contributed by atoms with Crippen LogP contribution in [0.15, 0.2) is 12.4 Å². The molecule has 5 heteroatoms. The third kappa shape index (κ3) is 4.38. The van der Waals surface area contributed by atoms with Gasteiger partial charge in [0.05, 0.1) is 0 Å².